The molecule has 2 N–H and O–H groups in total. The van der Waals surface area contributed by atoms with Crippen LogP contribution < -0.4 is 15.4 Å². The van der Waals surface area contributed by atoms with E-state index in [1.54, 1.807) is 7.11 Å². The Kier molecular flexibility index (Phi) is 9.80. The van der Waals surface area contributed by atoms with Gasteiger partial charge in [0.25, 0.3) is 0 Å². The SMILES string of the molecule is CCCCNC(=O)N1CC(C(=O)NCCc2ccc(OC)cc2)CCC1c1ccc(CC)cc1. The first-order valence-electron chi connectivity index (χ1n) is 12.6. The summed E-state index contributed by atoms with van der Waals surface area (Å²) in [6.07, 6.45) is 5.28. The maximum absolute atomic E-state index is 13.1. The summed E-state index contributed by atoms with van der Waals surface area (Å²) in [7, 11) is 1.65. The second kappa shape index (κ2) is 13.0. The summed E-state index contributed by atoms with van der Waals surface area (Å²) in [4.78, 5) is 27.9. The van der Waals surface area contributed by atoms with Crippen LogP contribution >= 0.6 is 0 Å². The van der Waals surface area contributed by atoms with E-state index in [0.29, 0.717) is 19.6 Å². The molecule has 3 amide bonds. The van der Waals surface area contributed by atoms with Crippen molar-refractivity contribution in [3.05, 3.63) is 65.2 Å². The van der Waals surface area contributed by atoms with Gasteiger partial charge in [-0.2, -0.15) is 0 Å². The van der Waals surface area contributed by atoms with Crippen LogP contribution in [-0.4, -0.2) is 43.6 Å². The van der Waals surface area contributed by atoms with Gasteiger partial charge in [-0.15, -0.1) is 0 Å². The fraction of sp³-hybridized carbons (Fsp3) is 0.500. The van der Waals surface area contributed by atoms with Crippen molar-refractivity contribution in [3.63, 3.8) is 0 Å². The van der Waals surface area contributed by atoms with Crippen LogP contribution in [0.25, 0.3) is 0 Å². The van der Waals surface area contributed by atoms with Gasteiger partial charge in [-0.1, -0.05) is 56.7 Å². The van der Waals surface area contributed by atoms with Gasteiger partial charge < -0.3 is 20.3 Å². The van der Waals surface area contributed by atoms with Crippen LogP contribution in [0, 0.1) is 5.92 Å². The second-order valence-corrected chi connectivity index (χ2v) is 9.01. The zero-order chi connectivity index (χ0) is 24.3. The van der Waals surface area contributed by atoms with Crippen LogP contribution in [-0.2, 0) is 17.6 Å². The molecule has 1 aliphatic rings. The largest absolute Gasteiger partial charge is 0.497 e. The average molecular weight is 466 g/mol. The van der Waals surface area contributed by atoms with Gasteiger partial charge in [0.2, 0.25) is 5.91 Å². The molecule has 184 valence electrons. The van der Waals surface area contributed by atoms with Gasteiger partial charge in [0.15, 0.2) is 0 Å². The van der Waals surface area contributed by atoms with E-state index in [-0.39, 0.29) is 23.9 Å². The van der Waals surface area contributed by atoms with E-state index in [1.807, 2.05) is 29.2 Å². The van der Waals surface area contributed by atoms with Crippen molar-refractivity contribution in [3.8, 4) is 5.75 Å². The quantitative estimate of drug-likeness (QED) is 0.491. The number of urea groups is 1. The molecule has 0 spiro atoms. The minimum atomic E-state index is -0.195. The van der Waals surface area contributed by atoms with E-state index in [1.165, 1.54) is 5.56 Å². The van der Waals surface area contributed by atoms with Crippen molar-refractivity contribution in [2.45, 2.75) is 58.4 Å². The molecule has 0 saturated carbocycles. The highest BCUT2D eigenvalue weighted by molar-refractivity contribution is 5.81. The fourth-order valence-electron chi connectivity index (χ4n) is 4.47. The molecule has 0 aliphatic carbocycles. The number of nitrogens with zero attached hydrogens (tertiary/aromatic N) is 1. The van der Waals surface area contributed by atoms with Crippen LogP contribution in [0.2, 0.25) is 0 Å². The molecule has 6 heteroatoms. The predicted molar refractivity (Wildman–Crippen MR) is 136 cm³/mol. The average Bonchev–Trinajstić information content (AvgIpc) is 2.88. The molecule has 1 aliphatic heterocycles. The van der Waals surface area contributed by atoms with E-state index >= 15 is 0 Å². The van der Waals surface area contributed by atoms with Gasteiger partial charge in [0.1, 0.15) is 5.75 Å². The Hall–Kier alpha value is -3.02. The molecule has 2 unspecified atom stereocenters. The first-order chi connectivity index (χ1) is 16.5. The Bertz CT molecular complexity index is 911. The number of ether oxygens (including phenoxy) is 1. The van der Waals surface area contributed by atoms with E-state index < -0.39 is 0 Å². The number of amides is 3. The van der Waals surface area contributed by atoms with Crippen LogP contribution in [0.5, 0.6) is 5.75 Å². The van der Waals surface area contributed by atoms with Crippen molar-refractivity contribution in [2.75, 3.05) is 26.7 Å². The molecular weight excluding hydrogens is 426 g/mol. The number of piperidine rings is 1. The lowest BCUT2D eigenvalue weighted by molar-refractivity contribution is -0.126. The van der Waals surface area contributed by atoms with Gasteiger partial charge in [-0.3, -0.25) is 4.79 Å². The number of methoxy groups -OCH3 is 1. The molecule has 0 radical (unpaired) electrons. The molecule has 1 saturated heterocycles. The highest BCUT2D eigenvalue weighted by Crippen LogP contribution is 2.34. The minimum Gasteiger partial charge on any atom is -0.497 e. The molecule has 6 nitrogen and oxygen atoms in total. The smallest absolute Gasteiger partial charge is 0.317 e. The first kappa shape index (κ1) is 25.6. The molecule has 2 aromatic carbocycles. The van der Waals surface area contributed by atoms with Crippen molar-refractivity contribution in [1.29, 1.82) is 0 Å². The van der Waals surface area contributed by atoms with Gasteiger partial charge >= 0.3 is 6.03 Å². The summed E-state index contributed by atoms with van der Waals surface area (Å²) in [5.74, 6) is 0.657. The van der Waals surface area contributed by atoms with Crippen LogP contribution in [0.15, 0.2) is 48.5 Å². The lowest BCUT2D eigenvalue weighted by Gasteiger charge is -2.39. The summed E-state index contributed by atoms with van der Waals surface area (Å²) < 4.78 is 5.20. The number of likely N-dealkylation sites (tertiary alicyclic amines) is 1. The van der Waals surface area contributed by atoms with E-state index in [9.17, 15) is 9.59 Å². The highest BCUT2D eigenvalue weighted by atomic mass is 16.5. The number of nitrogens with one attached hydrogen (secondary N) is 2. The summed E-state index contributed by atoms with van der Waals surface area (Å²) in [6, 6.07) is 16.4. The summed E-state index contributed by atoms with van der Waals surface area (Å²) in [5.41, 5.74) is 3.58. The Morgan fingerprint density at radius 1 is 0.941 bits per heavy atom. The number of hydrogen-bond acceptors (Lipinski definition) is 3. The molecule has 1 fully saturated rings. The summed E-state index contributed by atoms with van der Waals surface area (Å²) in [6.45, 7) is 5.92. The number of carbonyl (C=O) groups excluding carboxylic acids is 2. The maximum atomic E-state index is 13.1. The third-order valence-electron chi connectivity index (χ3n) is 6.66. The van der Waals surface area contributed by atoms with Crippen molar-refractivity contribution >= 4 is 11.9 Å². The number of unbranched alkanes of at least 4 members (excludes halogenated alkanes) is 1. The number of carbonyl (C=O) groups is 2. The van der Waals surface area contributed by atoms with Crippen LogP contribution in [0.3, 0.4) is 0 Å². The van der Waals surface area contributed by atoms with Crippen LogP contribution in [0.4, 0.5) is 4.79 Å². The van der Waals surface area contributed by atoms with Gasteiger partial charge in [0.05, 0.1) is 19.1 Å². The molecule has 0 aromatic heterocycles. The van der Waals surface area contributed by atoms with Crippen molar-refractivity contribution in [2.24, 2.45) is 5.92 Å². The van der Waals surface area contributed by atoms with Gasteiger partial charge in [-0.05, 0) is 60.9 Å². The summed E-state index contributed by atoms with van der Waals surface area (Å²) in [5, 5.41) is 6.14. The zero-order valence-corrected chi connectivity index (χ0v) is 20.8. The molecule has 0 bridgehead atoms. The first-order valence-corrected chi connectivity index (χ1v) is 12.6. The monoisotopic (exact) mass is 465 g/mol. The number of rotatable bonds is 10. The minimum absolute atomic E-state index is 0.00381. The van der Waals surface area contributed by atoms with Gasteiger partial charge in [-0.25, -0.2) is 4.79 Å². The van der Waals surface area contributed by atoms with Crippen molar-refractivity contribution < 1.29 is 14.3 Å². The Morgan fingerprint density at radius 2 is 1.65 bits per heavy atom. The Balaban J connectivity index is 1.61. The number of aryl methyl sites for hydroxylation is 1. The molecule has 1 heterocycles. The normalized spacial score (nSPS) is 17.8. The molecule has 2 atom stereocenters. The Morgan fingerprint density at radius 3 is 2.29 bits per heavy atom. The fourth-order valence-corrected chi connectivity index (χ4v) is 4.47. The topological polar surface area (TPSA) is 70.7 Å². The highest BCUT2D eigenvalue weighted by Gasteiger charge is 2.35. The zero-order valence-electron chi connectivity index (χ0n) is 20.8. The van der Waals surface area contributed by atoms with Crippen LogP contribution in [0.1, 0.15) is 62.3 Å². The molecule has 3 rings (SSSR count). The number of benzene rings is 2. The van der Waals surface area contributed by atoms with Gasteiger partial charge in [0, 0.05) is 19.6 Å². The lowest BCUT2D eigenvalue weighted by Crippen LogP contribution is -2.50. The van der Waals surface area contributed by atoms with Crippen molar-refractivity contribution in [1.82, 2.24) is 15.5 Å². The lowest BCUT2D eigenvalue weighted by atomic mass is 9.88. The van der Waals surface area contributed by atoms with E-state index in [2.05, 4.69) is 48.7 Å². The molecule has 34 heavy (non-hydrogen) atoms. The number of hydrogen-bond donors (Lipinski definition) is 2. The predicted octanol–water partition coefficient (Wildman–Crippen LogP) is 4.88. The summed E-state index contributed by atoms with van der Waals surface area (Å²) >= 11 is 0. The maximum Gasteiger partial charge on any atom is 0.317 e. The standard InChI is InChI=1S/C28H39N3O3/c1-4-6-18-30-28(33)31-20-24(13-16-26(31)23-11-7-21(5-2)8-12-23)27(32)29-19-17-22-9-14-25(34-3)15-10-22/h7-12,14-15,24,26H,4-6,13,16-20H2,1-3H3,(H,29,32)(H,30,33). The third-order valence-corrected chi connectivity index (χ3v) is 6.66. The van der Waals surface area contributed by atoms with E-state index in [0.717, 1.165) is 55.4 Å². The Labute approximate surface area is 204 Å². The molecular formula is C28H39N3O3. The van der Waals surface area contributed by atoms with E-state index in [4.69, 9.17) is 4.74 Å². The molecule has 2 aromatic rings. The third kappa shape index (κ3) is 6.99. The second-order valence-electron chi connectivity index (χ2n) is 9.01.